The van der Waals surface area contributed by atoms with Crippen molar-refractivity contribution in [3.8, 4) is 0 Å². The Balaban J connectivity index is 1.55. The van der Waals surface area contributed by atoms with Crippen molar-refractivity contribution in [2.45, 2.75) is 37.4 Å². The summed E-state index contributed by atoms with van der Waals surface area (Å²) >= 11 is 18.2. The zero-order valence-electron chi connectivity index (χ0n) is 19.3. The molecule has 1 aliphatic rings. The van der Waals surface area contributed by atoms with E-state index in [0.717, 1.165) is 5.56 Å². The number of imidazole rings is 1. The molecule has 208 valence electrons. The van der Waals surface area contributed by atoms with E-state index in [2.05, 4.69) is 20.4 Å². The normalized spacial score (nSPS) is 24.4. The van der Waals surface area contributed by atoms with Crippen LogP contribution in [0.2, 0.25) is 15.3 Å². The zero-order valence-corrected chi connectivity index (χ0v) is 23.4. The van der Waals surface area contributed by atoms with Crippen molar-refractivity contribution in [3.05, 3.63) is 51.0 Å². The average molecular weight is 633 g/mol. The molecule has 0 aliphatic carbocycles. The van der Waals surface area contributed by atoms with Crippen LogP contribution in [0.15, 0.2) is 24.4 Å². The van der Waals surface area contributed by atoms with Gasteiger partial charge < -0.3 is 39.5 Å². The Morgan fingerprint density at radius 3 is 2.53 bits per heavy atom. The fourth-order valence-electron chi connectivity index (χ4n) is 3.83. The van der Waals surface area contributed by atoms with E-state index in [4.69, 9.17) is 53.9 Å². The third-order valence-corrected chi connectivity index (χ3v) is 9.97. The highest BCUT2D eigenvalue weighted by molar-refractivity contribution is 7.70. The number of ether oxygens (including phenoxy) is 1. The maximum atomic E-state index is 11.9. The third kappa shape index (κ3) is 6.67. The highest BCUT2D eigenvalue weighted by Crippen LogP contribution is 2.55. The first kappa shape index (κ1) is 29.6. The summed E-state index contributed by atoms with van der Waals surface area (Å²) in [5.41, 5.74) is 1.17. The van der Waals surface area contributed by atoms with E-state index in [-0.39, 0.29) is 28.5 Å². The van der Waals surface area contributed by atoms with E-state index < -0.39 is 52.1 Å². The molecule has 2 aromatic heterocycles. The number of hydrogen-bond donors (Lipinski definition) is 6. The van der Waals surface area contributed by atoms with Crippen LogP contribution in [0, 0.1) is 0 Å². The highest BCUT2D eigenvalue weighted by Gasteiger charge is 2.46. The van der Waals surface area contributed by atoms with Crippen LogP contribution >= 0.6 is 50.0 Å². The fourth-order valence-corrected chi connectivity index (χ4v) is 6.86. The number of aliphatic hydroxyl groups excluding tert-OH is 2. The van der Waals surface area contributed by atoms with E-state index in [1.54, 1.807) is 18.2 Å². The van der Waals surface area contributed by atoms with Gasteiger partial charge in [-0.15, -0.1) is 5.10 Å². The van der Waals surface area contributed by atoms with Crippen LogP contribution in [-0.2, 0) is 18.4 Å². The summed E-state index contributed by atoms with van der Waals surface area (Å²) in [6, 6.07) is 4.80. The Morgan fingerprint density at radius 2 is 1.87 bits per heavy atom. The number of hydrogen-bond acceptors (Lipinski definition) is 10. The average Bonchev–Trinajstić information content (AvgIpc) is 3.33. The molecule has 19 heteroatoms. The predicted octanol–water partition coefficient (Wildman–Crippen LogP) is 2.76. The lowest BCUT2D eigenvalue weighted by Gasteiger charge is -2.18. The number of halogens is 3. The zero-order chi connectivity index (χ0) is 28.0. The molecule has 0 radical (unpaired) electrons. The van der Waals surface area contributed by atoms with Crippen molar-refractivity contribution in [1.82, 2.24) is 19.6 Å². The molecule has 3 aromatic rings. The lowest BCUT2D eigenvalue weighted by molar-refractivity contribution is -0.0204. The SMILES string of the molecule is C[C@H](Nc1nc(Cl)nn2c(C3OC(COP(=O)(O)CP(=O)(O)O)C(O)C3O)cnc12)c1ccc(Cl)c(Cl)c1. The van der Waals surface area contributed by atoms with Gasteiger partial charge in [-0.25, -0.2) is 9.50 Å². The summed E-state index contributed by atoms with van der Waals surface area (Å²) in [6.45, 7) is 1.11. The summed E-state index contributed by atoms with van der Waals surface area (Å²) in [6.07, 6.45) is -4.33. The lowest BCUT2D eigenvalue weighted by Crippen LogP contribution is -2.33. The number of aromatic nitrogens is 4. The number of nitrogens with zero attached hydrogens (tertiary/aromatic N) is 4. The quantitative estimate of drug-likeness (QED) is 0.188. The molecule has 3 heterocycles. The van der Waals surface area contributed by atoms with Crippen molar-refractivity contribution in [1.29, 1.82) is 0 Å². The standard InChI is InChI=1S/C19H22Cl3N5O9P2/c1-8(9-2-3-10(20)11(21)4-9)24-17-18-23-5-12(27(18)26-19(22)25-17)16-15(29)14(28)13(36-16)6-35-38(33,34)7-37(30,31)32/h2-5,8,13-16,28-29H,6-7H2,1H3,(H,33,34)(H,24,25,26)(H2,30,31,32)/t8-,13?,14?,15?,16?/m0/s1. The van der Waals surface area contributed by atoms with Crippen LogP contribution < -0.4 is 5.32 Å². The summed E-state index contributed by atoms with van der Waals surface area (Å²) in [7, 11) is -9.55. The number of nitrogens with one attached hydrogen (secondary N) is 1. The Hall–Kier alpha value is -1.38. The van der Waals surface area contributed by atoms with Crippen molar-refractivity contribution in [3.63, 3.8) is 0 Å². The highest BCUT2D eigenvalue weighted by atomic mass is 35.5. The molecular weight excluding hydrogens is 611 g/mol. The number of benzene rings is 1. The van der Waals surface area contributed by atoms with Gasteiger partial charge >= 0.3 is 15.2 Å². The first-order valence-electron chi connectivity index (χ1n) is 10.8. The van der Waals surface area contributed by atoms with Crippen molar-refractivity contribution < 1.29 is 43.3 Å². The number of rotatable bonds is 9. The Bertz CT molecular complexity index is 1440. The van der Waals surface area contributed by atoms with Crippen molar-refractivity contribution in [2.24, 2.45) is 0 Å². The van der Waals surface area contributed by atoms with Crippen molar-refractivity contribution in [2.75, 3.05) is 17.8 Å². The molecule has 0 amide bonds. The Morgan fingerprint density at radius 1 is 1.16 bits per heavy atom. The molecule has 1 fully saturated rings. The first-order valence-corrected chi connectivity index (χ1v) is 15.5. The molecule has 0 bridgehead atoms. The molecule has 0 spiro atoms. The second kappa shape index (κ2) is 11.2. The van der Waals surface area contributed by atoms with Gasteiger partial charge in [0.05, 0.1) is 34.6 Å². The second-order valence-corrected chi connectivity index (χ2v) is 13.6. The third-order valence-electron chi connectivity index (χ3n) is 5.62. The fraction of sp³-hybridized carbons (Fsp3) is 0.421. The monoisotopic (exact) mass is 631 g/mol. The van der Waals surface area contributed by atoms with Gasteiger partial charge in [0.2, 0.25) is 5.28 Å². The molecule has 1 saturated heterocycles. The van der Waals surface area contributed by atoms with Gasteiger partial charge in [-0.05, 0) is 36.2 Å². The molecule has 1 aromatic carbocycles. The number of anilines is 1. The molecule has 6 N–H and O–H groups in total. The van der Waals surface area contributed by atoms with Gasteiger partial charge in [0.25, 0.3) is 0 Å². The maximum absolute atomic E-state index is 11.9. The molecular formula is C19H22Cl3N5O9P2. The van der Waals surface area contributed by atoms with Crippen LogP contribution in [-0.4, -0.2) is 75.3 Å². The van der Waals surface area contributed by atoms with E-state index in [9.17, 15) is 24.2 Å². The summed E-state index contributed by atoms with van der Waals surface area (Å²) < 4.78 is 34.6. The second-order valence-electron chi connectivity index (χ2n) is 8.50. The maximum Gasteiger partial charge on any atom is 0.340 e. The van der Waals surface area contributed by atoms with Crippen LogP contribution in [0.1, 0.15) is 30.3 Å². The molecule has 4 rings (SSSR count). The molecule has 5 unspecified atom stereocenters. The Labute approximate surface area is 230 Å². The topological polar surface area (TPSA) is 209 Å². The van der Waals surface area contributed by atoms with E-state index in [1.165, 1.54) is 10.7 Å². The minimum atomic E-state index is -4.85. The molecule has 38 heavy (non-hydrogen) atoms. The van der Waals surface area contributed by atoms with Gasteiger partial charge in [0.1, 0.15) is 24.4 Å². The Kier molecular flexibility index (Phi) is 8.76. The van der Waals surface area contributed by atoms with E-state index in [0.29, 0.717) is 10.0 Å². The first-order chi connectivity index (χ1) is 17.6. The van der Waals surface area contributed by atoms with E-state index in [1.807, 2.05) is 6.92 Å². The van der Waals surface area contributed by atoms with Crippen LogP contribution in [0.25, 0.3) is 5.65 Å². The minimum Gasteiger partial charge on any atom is -0.387 e. The van der Waals surface area contributed by atoms with Gasteiger partial charge in [-0.3, -0.25) is 9.13 Å². The number of fused-ring (bicyclic) bond motifs is 1. The van der Waals surface area contributed by atoms with Crippen LogP contribution in [0.4, 0.5) is 5.82 Å². The van der Waals surface area contributed by atoms with Crippen LogP contribution in [0.3, 0.4) is 0 Å². The molecule has 14 nitrogen and oxygen atoms in total. The number of aliphatic hydroxyl groups is 2. The van der Waals surface area contributed by atoms with Gasteiger partial charge in [0.15, 0.2) is 17.4 Å². The van der Waals surface area contributed by atoms with Gasteiger partial charge in [0, 0.05) is 0 Å². The summed E-state index contributed by atoms with van der Waals surface area (Å²) in [4.78, 5) is 36.0. The lowest BCUT2D eigenvalue weighted by atomic mass is 10.1. The minimum absolute atomic E-state index is 0.172. The smallest absolute Gasteiger partial charge is 0.340 e. The van der Waals surface area contributed by atoms with Crippen LogP contribution in [0.5, 0.6) is 0 Å². The largest absolute Gasteiger partial charge is 0.387 e. The summed E-state index contributed by atoms with van der Waals surface area (Å²) in [5, 5.41) is 28.9. The summed E-state index contributed by atoms with van der Waals surface area (Å²) in [5.74, 6) is -1.17. The molecule has 1 aliphatic heterocycles. The van der Waals surface area contributed by atoms with E-state index >= 15 is 0 Å². The molecule has 6 atom stereocenters. The molecule has 0 saturated carbocycles. The predicted molar refractivity (Wildman–Crippen MR) is 137 cm³/mol. The van der Waals surface area contributed by atoms with Gasteiger partial charge in [-0.1, -0.05) is 29.3 Å². The van der Waals surface area contributed by atoms with Crippen molar-refractivity contribution >= 4 is 61.5 Å². The van der Waals surface area contributed by atoms with Gasteiger partial charge in [-0.2, -0.15) is 4.98 Å².